The van der Waals surface area contributed by atoms with Gasteiger partial charge in [-0.1, -0.05) is 17.7 Å². The van der Waals surface area contributed by atoms with Crippen molar-refractivity contribution in [2.45, 2.75) is 4.90 Å². The first-order valence-electron chi connectivity index (χ1n) is 5.87. The van der Waals surface area contributed by atoms with Crippen LogP contribution in [0.2, 0.25) is 5.02 Å². The molecule has 0 saturated carbocycles. The second-order valence-corrected chi connectivity index (χ2v) is 6.81. The maximum Gasteiger partial charge on any atom is 0.255 e. The average Bonchev–Trinajstić information content (AvgIpc) is 2.37. The largest absolute Gasteiger partial charge is 0.508 e. The van der Waals surface area contributed by atoms with Gasteiger partial charge in [0, 0.05) is 23.6 Å². The van der Waals surface area contributed by atoms with Gasteiger partial charge in [0.15, 0.2) is 9.84 Å². The van der Waals surface area contributed by atoms with Crippen LogP contribution < -0.4 is 5.32 Å². The molecule has 2 aromatic carbocycles. The van der Waals surface area contributed by atoms with Crippen LogP contribution in [0.5, 0.6) is 5.75 Å². The molecule has 0 aliphatic heterocycles. The van der Waals surface area contributed by atoms with Gasteiger partial charge in [-0.05, 0) is 30.3 Å². The van der Waals surface area contributed by atoms with Gasteiger partial charge in [-0.15, -0.1) is 0 Å². The van der Waals surface area contributed by atoms with E-state index in [-0.39, 0.29) is 21.2 Å². The molecular formula is C14H12ClNO4S. The van der Waals surface area contributed by atoms with Gasteiger partial charge in [0.05, 0.1) is 9.92 Å². The lowest BCUT2D eigenvalue weighted by molar-refractivity contribution is 0.102. The summed E-state index contributed by atoms with van der Waals surface area (Å²) < 4.78 is 23.2. The first-order valence-corrected chi connectivity index (χ1v) is 8.14. The summed E-state index contributed by atoms with van der Waals surface area (Å²) in [5, 5.41) is 12.0. The molecule has 2 rings (SSSR count). The molecular weight excluding hydrogens is 314 g/mol. The molecule has 1 amide bonds. The topological polar surface area (TPSA) is 83.5 Å². The van der Waals surface area contributed by atoms with E-state index in [1.807, 2.05) is 0 Å². The number of rotatable bonds is 3. The zero-order valence-corrected chi connectivity index (χ0v) is 12.6. The Labute approximate surface area is 127 Å². The predicted octanol–water partition coefficient (Wildman–Crippen LogP) is 2.70. The number of benzene rings is 2. The van der Waals surface area contributed by atoms with Crippen LogP contribution in [0.25, 0.3) is 0 Å². The molecule has 0 heterocycles. The highest BCUT2D eigenvalue weighted by atomic mass is 35.5. The number of carbonyl (C=O) groups excluding carboxylic acids is 1. The van der Waals surface area contributed by atoms with Gasteiger partial charge in [0.1, 0.15) is 5.75 Å². The van der Waals surface area contributed by atoms with Crippen LogP contribution in [0.3, 0.4) is 0 Å². The number of amides is 1. The van der Waals surface area contributed by atoms with E-state index in [2.05, 4.69) is 5.32 Å². The number of hydrogen-bond acceptors (Lipinski definition) is 4. The van der Waals surface area contributed by atoms with Crippen LogP contribution in [0.1, 0.15) is 10.4 Å². The van der Waals surface area contributed by atoms with Gasteiger partial charge < -0.3 is 10.4 Å². The zero-order valence-electron chi connectivity index (χ0n) is 11.0. The van der Waals surface area contributed by atoms with Crippen molar-refractivity contribution in [1.29, 1.82) is 0 Å². The Morgan fingerprint density at radius 2 is 1.90 bits per heavy atom. The minimum atomic E-state index is -3.52. The first kappa shape index (κ1) is 15.3. The maximum atomic E-state index is 12.1. The third-order valence-corrected chi connectivity index (χ3v) is 4.28. The molecule has 0 saturated heterocycles. The molecule has 0 spiro atoms. The molecule has 7 heteroatoms. The number of phenols is 1. The summed E-state index contributed by atoms with van der Waals surface area (Å²) in [7, 11) is -3.52. The Balaban J connectivity index is 2.32. The number of nitrogens with one attached hydrogen (secondary N) is 1. The van der Waals surface area contributed by atoms with Crippen molar-refractivity contribution in [3.05, 3.63) is 53.1 Å². The molecule has 0 fully saturated rings. The van der Waals surface area contributed by atoms with Crippen molar-refractivity contribution >= 4 is 33.0 Å². The Kier molecular flexibility index (Phi) is 4.20. The molecule has 0 unspecified atom stereocenters. The van der Waals surface area contributed by atoms with Gasteiger partial charge >= 0.3 is 0 Å². The van der Waals surface area contributed by atoms with E-state index < -0.39 is 15.7 Å². The standard InChI is InChI=1S/C14H12ClNO4S/c1-21(19,20)13-7-9(5-6-12(13)15)14(18)16-10-3-2-4-11(17)8-10/h2-8,17H,1H3,(H,16,18). The molecule has 5 nitrogen and oxygen atoms in total. The summed E-state index contributed by atoms with van der Waals surface area (Å²) >= 11 is 5.82. The van der Waals surface area contributed by atoms with Crippen LogP contribution in [0.4, 0.5) is 5.69 Å². The van der Waals surface area contributed by atoms with E-state index in [1.165, 1.54) is 30.3 Å². The second-order valence-electron chi connectivity index (χ2n) is 4.42. The number of aromatic hydroxyl groups is 1. The minimum absolute atomic E-state index is 0.0146. The molecule has 0 atom stereocenters. The normalized spacial score (nSPS) is 11.1. The zero-order chi connectivity index (χ0) is 15.6. The molecule has 0 bridgehead atoms. The maximum absolute atomic E-state index is 12.1. The molecule has 110 valence electrons. The molecule has 0 aliphatic rings. The van der Waals surface area contributed by atoms with E-state index >= 15 is 0 Å². The van der Waals surface area contributed by atoms with E-state index in [0.29, 0.717) is 5.69 Å². The number of anilines is 1. The lowest BCUT2D eigenvalue weighted by atomic mass is 10.2. The highest BCUT2D eigenvalue weighted by Crippen LogP contribution is 2.23. The van der Waals surface area contributed by atoms with Crippen LogP contribution >= 0.6 is 11.6 Å². The number of hydrogen-bond donors (Lipinski definition) is 2. The second kappa shape index (κ2) is 5.75. The van der Waals surface area contributed by atoms with Gasteiger partial charge in [-0.2, -0.15) is 0 Å². The molecule has 0 aromatic heterocycles. The summed E-state index contributed by atoms with van der Waals surface area (Å²) in [6, 6.07) is 10.0. The van der Waals surface area contributed by atoms with Crippen molar-refractivity contribution in [1.82, 2.24) is 0 Å². The molecule has 2 N–H and O–H groups in total. The van der Waals surface area contributed by atoms with Crippen molar-refractivity contribution < 1.29 is 18.3 Å². The first-order chi connectivity index (χ1) is 9.77. The summed E-state index contributed by atoms with van der Waals surface area (Å²) in [5.74, 6) is -0.483. The Hall–Kier alpha value is -2.05. The minimum Gasteiger partial charge on any atom is -0.508 e. The fourth-order valence-corrected chi connectivity index (χ4v) is 3.02. The van der Waals surface area contributed by atoms with Gasteiger partial charge in [0.2, 0.25) is 0 Å². The lowest BCUT2D eigenvalue weighted by Crippen LogP contribution is -2.12. The SMILES string of the molecule is CS(=O)(=O)c1cc(C(=O)Nc2cccc(O)c2)ccc1Cl. The van der Waals surface area contributed by atoms with Gasteiger partial charge in [-0.3, -0.25) is 4.79 Å². The highest BCUT2D eigenvalue weighted by Gasteiger charge is 2.16. The number of halogens is 1. The quantitative estimate of drug-likeness (QED) is 0.908. The molecule has 0 aliphatic carbocycles. The number of sulfone groups is 1. The number of carbonyl (C=O) groups is 1. The van der Waals surface area contributed by atoms with Crippen molar-refractivity contribution in [3.8, 4) is 5.75 Å². The Morgan fingerprint density at radius 1 is 1.19 bits per heavy atom. The lowest BCUT2D eigenvalue weighted by Gasteiger charge is -2.08. The van der Waals surface area contributed by atoms with Gasteiger partial charge in [0.25, 0.3) is 5.91 Å². The van der Waals surface area contributed by atoms with Crippen LogP contribution in [-0.2, 0) is 9.84 Å². The smallest absolute Gasteiger partial charge is 0.255 e. The van der Waals surface area contributed by atoms with E-state index in [4.69, 9.17) is 11.6 Å². The van der Waals surface area contributed by atoms with E-state index in [9.17, 15) is 18.3 Å². The molecule has 2 aromatic rings. The summed E-state index contributed by atoms with van der Waals surface area (Å²) in [6.45, 7) is 0. The Morgan fingerprint density at radius 3 is 2.52 bits per heavy atom. The van der Waals surface area contributed by atoms with Crippen LogP contribution in [0.15, 0.2) is 47.4 Å². The monoisotopic (exact) mass is 325 g/mol. The molecule has 21 heavy (non-hydrogen) atoms. The van der Waals surface area contributed by atoms with Crippen molar-refractivity contribution in [3.63, 3.8) is 0 Å². The summed E-state index contributed by atoms with van der Waals surface area (Å²) in [6.07, 6.45) is 1.02. The third-order valence-electron chi connectivity index (χ3n) is 2.70. The average molecular weight is 326 g/mol. The summed E-state index contributed by atoms with van der Waals surface area (Å²) in [5.41, 5.74) is 0.555. The van der Waals surface area contributed by atoms with E-state index in [0.717, 1.165) is 6.26 Å². The predicted molar refractivity (Wildman–Crippen MR) is 80.6 cm³/mol. The van der Waals surface area contributed by atoms with E-state index in [1.54, 1.807) is 12.1 Å². The number of phenolic OH excluding ortho intramolecular Hbond substituents is 1. The van der Waals surface area contributed by atoms with Crippen LogP contribution in [0, 0.1) is 0 Å². The molecule has 0 radical (unpaired) electrons. The third kappa shape index (κ3) is 3.74. The highest BCUT2D eigenvalue weighted by molar-refractivity contribution is 7.90. The Bertz CT molecular complexity index is 802. The van der Waals surface area contributed by atoms with Crippen LogP contribution in [-0.4, -0.2) is 25.7 Å². The fraction of sp³-hybridized carbons (Fsp3) is 0.0714. The van der Waals surface area contributed by atoms with Gasteiger partial charge in [-0.25, -0.2) is 8.42 Å². The summed E-state index contributed by atoms with van der Waals surface area (Å²) in [4.78, 5) is 12.0. The van der Waals surface area contributed by atoms with Crippen molar-refractivity contribution in [2.75, 3.05) is 11.6 Å². The van der Waals surface area contributed by atoms with Crippen molar-refractivity contribution in [2.24, 2.45) is 0 Å². The fourth-order valence-electron chi connectivity index (χ4n) is 1.72.